The second-order valence-electron chi connectivity index (χ2n) is 10.1. The number of hydrogen-bond donors (Lipinski definition) is 2. The van der Waals surface area contributed by atoms with E-state index in [1.54, 1.807) is 6.08 Å². The smallest absolute Gasteiger partial charge is 0.253 e. The van der Waals surface area contributed by atoms with E-state index in [2.05, 4.69) is 23.3 Å². The molecule has 2 heterocycles. The Balaban J connectivity index is 1.15. The van der Waals surface area contributed by atoms with Gasteiger partial charge in [0.1, 0.15) is 5.75 Å². The van der Waals surface area contributed by atoms with Gasteiger partial charge in [0.25, 0.3) is 5.91 Å². The molecule has 39 heavy (non-hydrogen) atoms. The van der Waals surface area contributed by atoms with Gasteiger partial charge >= 0.3 is 0 Å². The predicted molar refractivity (Wildman–Crippen MR) is 153 cm³/mol. The van der Waals surface area contributed by atoms with Crippen LogP contribution in [0.5, 0.6) is 5.75 Å². The number of benzene rings is 2. The molecule has 2 aliphatic rings. The van der Waals surface area contributed by atoms with Crippen LogP contribution in [0, 0.1) is 0 Å². The molecule has 0 aromatic heterocycles. The standard InChI is InChI=1S/C31H40N4O4/c1-2-18-32-23-29(36)33-19-6-3-7-22-39-27-13-10-25(11-14-27)31(38)34-20-16-26(17-21-34)35-28-9-5-4-8-24(28)12-15-30(35)37/h2,4-5,8-11,13-14,26,32H,1,3,6-7,12,15-23H2,(H,33,36). The van der Waals surface area contributed by atoms with E-state index < -0.39 is 0 Å². The highest BCUT2D eigenvalue weighted by molar-refractivity contribution is 5.97. The number of carbonyl (C=O) groups excluding carboxylic acids is 3. The predicted octanol–water partition coefficient (Wildman–Crippen LogP) is 3.71. The van der Waals surface area contributed by atoms with Gasteiger partial charge < -0.3 is 25.2 Å². The summed E-state index contributed by atoms with van der Waals surface area (Å²) in [4.78, 5) is 41.3. The third-order valence-corrected chi connectivity index (χ3v) is 7.33. The number of aryl methyl sites for hydroxylation is 1. The molecule has 0 aliphatic carbocycles. The van der Waals surface area contributed by atoms with Crippen molar-refractivity contribution >= 4 is 23.4 Å². The molecule has 208 valence electrons. The van der Waals surface area contributed by atoms with E-state index in [1.165, 1.54) is 5.56 Å². The zero-order valence-electron chi connectivity index (χ0n) is 22.7. The maximum absolute atomic E-state index is 13.1. The topological polar surface area (TPSA) is 91.0 Å². The number of anilines is 1. The van der Waals surface area contributed by atoms with Gasteiger partial charge in [-0.2, -0.15) is 0 Å². The van der Waals surface area contributed by atoms with Crippen LogP contribution in [-0.4, -0.2) is 68.0 Å². The molecule has 2 N–H and O–H groups in total. The van der Waals surface area contributed by atoms with E-state index in [-0.39, 0.29) is 23.8 Å². The molecule has 3 amide bonds. The van der Waals surface area contributed by atoms with Crippen molar-refractivity contribution in [2.45, 2.75) is 51.0 Å². The number of unbranched alkanes of at least 4 members (excludes halogenated alkanes) is 2. The van der Waals surface area contributed by atoms with Crippen molar-refractivity contribution in [3.8, 4) is 5.75 Å². The van der Waals surface area contributed by atoms with Crippen LogP contribution in [0.1, 0.15) is 54.4 Å². The number of carbonyl (C=O) groups is 3. The zero-order valence-corrected chi connectivity index (χ0v) is 22.7. The number of rotatable bonds is 13. The number of amides is 3. The average Bonchev–Trinajstić information content (AvgIpc) is 2.97. The first-order chi connectivity index (χ1) is 19.1. The summed E-state index contributed by atoms with van der Waals surface area (Å²) in [5.74, 6) is 0.949. The van der Waals surface area contributed by atoms with Crippen LogP contribution in [-0.2, 0) is 16.0 Å². The van der Waals surface area contributed by atoms with Gasteiger partial charge in [0, 0.05) is 49.9 Å². The van der Waals surface area contributed by atoms with Gasteiger partial charge in [0.2, 0.25) is 11.8 Å². The highest BCUT2D eigenvalue weighted by Crippen LogP contribution is 2.32. The van der Waals surface area contributed by atoms with E-state index in [4.69, 9.17) is 4.74 Å². The molecule has 0 atom stereocenters. The van der Waals surface area contributed by atoms with Crippen molar-refractivity contribution in [2.75, 3.05) is 44.2 Å². The fourth-order valence-electron chi connectivity index (χ4n) is 5.23. The van der Waals surface area contributed by atoms with Crippen molar-refractivity contribution in [1.29, 1.82) is 0 Å². The van der Waals surface area contributed by atoms with Gasteiger partial charge in [-0.3, -0.25) is 14.4 Å². The van der Waals surface area contributed by atoms with Crippen molar-refractivity contribution in [2.24, 2.45) is 0 Å². The summed E-state index contributed by atoms with van der Waals surface area (Å²) in [6, 6.07) is 15.6. The quantitative estimate of drug-likeness (QED) is 0.303. The molecule has 2 aromatic rings. The Kier molecular flexibility index (Phi) is 10.5. The lowest BCUT2D eigenvalue weighted by Crippen LogP contribution is -2.50. The van der Waals surface area contributed by atoms with Gasteiger partial charge in [-0.05, 0) is 74.4 Å². The molecule has 0 unspecified atom stereocenters. The number of para-hydroxylation sites is 1. The van der Waals surface area contributed by atoms with Crippen molar-refractivity contribution < 1.29 is 19.1 Å². The van der Waals surface area contributed by atoms with Crippen LogP contribution >= 0.6 is 0 Å². The third kappa shape index (κ3) is 7.93. The third-order valence-electron chi connectivity index (χ3n) is 7.33. The summed E-state index contributed by atoms with van der Waals surface area (Å²) in [7, 11) is 0. The SMILES string of the molecule is C=CCNCC(=O)NCCCCCOc1ccc(C(=O)N2CCC(N3C(=O)CCc4ccccc43)CC2)cc1. The number of fused-ring (bicyclic) bond motifs is 1. The summed E-state index contributed by atoms with van der Waals surface area (Å²) in [5.41, 5.74) is 2.92. The molecule has 0 bridgehead atoms. The highest BCUT2D eigenvalue weighted by atomic mass is 16.5. The Hall–Kier alpha value is -3.65. The minimum atomic E-state index is -0.00464. The van der Waals surface area contributed by atoms with Crippen LogP contribution in [0.3, 0.4) is 0 Å². The van der Waals surface area contributed by atoms with Crippen LogP contribution in [0.4, 0.5) is 5.69 Å². The van der Waals surface area contributed by atoms with Gasteiger partial charge in [-0.25, -0.2) is 0 Å². The number of piperidine rings is 1. The van der Waals surface area contributed by atoms with Gasteiger partial charge in [0.05, 0.1) is 13.2 Å². The van der Waals surface area contributed by atoms with Gasteiger partial charge in [-0.15, -0.1) is 6.58 Å². The Labute approximate surface area is 231 Å². The molecule has 0 spiro atoms. The molecule has 2 aromatic carbocycles. The van der Waals surface area contributed by atoms with Crippen LogP contribution in [0.15, 0.2) is 61.2 Å². The van der Waals surface area contributed by atoms with Crippen LogP contribution in [0.2, 0.25) is 0 Å². The normalized spacial score (nSPS) is 15.5. The van der Waals surface area contributed by atoms with Crippen molar-refractivity contribution in [3.63, 3.8) is 0 Å². The summed E-state index contributed by atoms with van der Waals surface area (Å²) in [5, 5.41) is 5.86. The number of nitrogens with zero attached hydrogens (tertiary/aromatic N) is 2. The number of nitrogens with one attached hydrogen (secondary N) is 2. The average molecular weight is 533 g/mol. The number of hydrogen-bond acceptors (Lipinski definition) is 5. The molecule has 8 nitrogen and oxygen atoms in total. The van der Waals surface area contributed by atoms with Gasteiger partial charge in [0.15, 0.2) is 0 Å². The first kappa shape index (κ1) is 28.4. The Morgan fingerprint density at radius 2 is 1.77 bits per heavy atom. The lowest BCUT2D eigenvalue weighted by Gasteiger charge is -2.41. The number of ether oxygens (including phenoxy) is 1. The van der Waals surface area contributed by atoms with E-state index in [0.29, 0.717) is 51.3 Å². The fourth-order valence-corrected chi connectivity index (χ4v) is 5.23. The van der Waals surface area contributed by atoms with E-state index in [1.807, 2.05) is 52.3 Å². The Bertz CT molecular complexity index is 1130. The maximum atomic E-state index is 13.1. The van der Waals surface area contributed by atoms with Crippen molar-refractivity contribution in [3.05, 3.63) is 72.3 Å². The Morgan fingerprint density at radius 1 is 1.00 bits per heavy atom. The fraction of sp³-hybridized carbons (Fsp3) is 0.452. The minimum absolute atomic E-state index is 0.00464. The summed E-state index contributed by atoms with van der Waals surface area (Å²) in [6.07, 6.45) is 7.40. The maximum Gasteiger partial charge on any atom is 0.253 e. The Morgan fingerprint density at radius 3 is 2.54 bits per heavy atom. The molecular formula is C31H40N4O4. The molecule has 1 saturated heterocycles. The summed E-state index contributed by atoms with van der Waals surface area (Å²) >= 11 is 0. The molecule has 0 radical (unpaired) electrons. The summed E-state index contributed by atoms with van der Waals surface area (Å²) in [6.45, 7) is 7.06. The lowest BCUT2D eigenvalue weighted by atomic mass is 9.95. The number of likely N-dealkylation sites (tertiary alicyclic amines) is 1. The molecule has 8 heteroatoms. The largest absolute Gasteiger partial charge is 0.494 e. The second kappa shape index (κ2) is 14.5. The second-order valence-corrected chi connectivity index (χ2v) is 10.1. The summed E-state index contributed by atoms with van der Waals surface area (Å²) < 4.78 is 5.83. The molecule has 1 fully saturated rings. The first-order valence-corrected chi connectivity index (χ1v) is 14.1. The lowest BCUT2D eigenvalue weighted by molar-refractivity contribution is -0.120. The molecule has 2 aliphatic heterocycles. The highest BCUT2D eigenvalue weighted by Gasteiger charge is 2.33. The molecule has 0 saturated carbocycles. The van der Waals surface area contributed by atoms with Crippen LogP contribution in [0.25, 0.3) is 0 Å². The van der Waals surface area contributed by atoms with Gasteiger partial charge in [-0.1, -0.05) is 24.3 Å². The van der Waals surface area contributed by atoms with E-state index in [9.17, 15) is 14.4 Å². The zero-order chi connectivity index (χ0) is 27.5. The molecular weight excluding hydrogens is 492 g/mol. The van der Waals surface area contributed by atoms with Crippen LogP contribution < -0.4 is 20.3 Å². The van der Waals surface area contributed by atoms with E-state index >= 15 is 0 Å². The van der Waals surface area contributed by atoms with E-state index in [0.717, 1.165) is 50.0 Å². The minimum Gasteiger partial charge on any atom is -0.494 e. The van der Waals surface area contributed by atoms with Crippen molar-refractivity contribution in [1.82, 2.24) is 15.5 Å². The first-order valence-electron chi connectivity index (χ1n) is 14.1. The monoisotopic (exact) mass is 532 g/mol. The molecule has 4 rings (SSSR count).